The Morgan fingerprint density at radius 1 is 1.43 bits per heavy atom. The first-order valence-electron chi connectivity index (χ1n) is 4.92. The van der Waals surface area contributed by atoms with Gasteiger partial charge in [-0.05, 0) is 22.0 Å². The second kappa shape index (κ2) is 3.21. The van der Waals surface area contributed by atoms with Crippen molar-refractivity contribution in [1.82, 2.24) is 10.3 Å². The van der Waals surface area contributed by atoms with Gasteiger partial charge in [0.2, 0.25) is 0 Å². The molecule has 2 atom stereocenters. The van der Waals surface area contributed by atoms with Crippen molar-refractivity contribution in [2.75, 3.05) is 24.5 Å². The van der Waals surface area contributed by atoms with Crippen molar-refractivity contribution in [3.8, 4) is 0 Å². The first kappa shape index (κ1) is 8.68. The molecule has 2 saturated heterocycles. The van der Waals surface area contributed by atoms with Crippen LogP contribution < -0.4 is 10.2 Å². The van der Waals surface area contributed by atoms with Crippen LogP contribution in [0.2, 0.25) is 0 Å². The van der Waals surface area contributed by atoms with E-state index in [2.05, 4.69) is 37.2 Å². The highest BCUT2D eigenvalue weighted by molar-refractivity contribution is 9.10. The quantitative estimate of drug-likeness (QED) is 0.817. The van der Waals surface area contributed by atoms with E-state index in [1.54, 1.807) is 0 Å². The highest BCUT2D eigenvalue weighted by Crippen LogP contribution is 2.28. The van der Waals surface area contributed by atoms with Gasteiger partial charge in [0.15, 0.2) is 0 Å². The molecule has 0 amide bonds. The summed E-state index contributed by atoms with van der Waals surface area (Å²) < 4.78 is 1.06. The number of fused-ring (bicyclic) bond motifs is 1. The van der Waals surface area contributed by atoms with Gasteiger partial charge in [0.1, 0.15) is 0 Å². The average Bonchev–Trinajstić information content (AvgIpc) is 2.43. The number of hydrogen-bond acceptors (Lipinski definition) is 3. The van der Waals surface area contributed by atoms with Crippen LogP contribution >= 0.6 is 15.9 Å². The fourth-order valence-corrected chi connectivity index (χ4v) is 2.59. The van der Waals surface area contributed by atoms with Crippen LogP contribution in [0.1, 0.15) is 0 Å². The summed E-state index contributed by atoms with van der Waals surface area (Å²) in [6.45, 7) is 3.49. The molecule has 2 aliphatic heterocycles. The molecule has 14 heavy (non-hydrogen) atoms. The van der Waals surface area contributed by atoms with Gasteiger partial charge in [-0.1, -0.05) is 0 Å². The lowest BCUT2D eigenvalue weighted by atomic mass is 9.96. The fourth-order valence-electron chi connectivity index (χ4n) is 2.24. The zero-order valence-corrected chi connectivity index (χ0v) is 9.37. The zero-order chi connectivity index (χ0) is 9.54. The van der Waals surface area contributed by atoms with Crippen LogP contribution in [0.15, 0.2) is 22.9 Å². The molecule has 1 aromatic heterocycles. The van der Waals surface area contributed by atoms with Gasteiger partial charge in [-0.15, -0.1) is 0 Å². The molecule has 4 heteroatoms. The van der Waals surface area contributed by atoms with Gasteiger partial charge in [-0.3, -0.25) is 4.98 Å². The SMILES string of the molecule is Brc1cncc(N2C[C@@H]3CN[C@@H]3C2)c1. The first-order valence-corrected chi connectivity index (χ1v) is 5.71. The molecular formula is C10H12BrN3. The van der Waals surface area contributed by atoms with Gasteiger partial charge in [0, 0.05) is 42.3 Å². The van der Waals surface area contributed by atoms with Crippen molar-refractivity contribution in [2.24, 2.45) is 5.92 Å². The lowest BCUT2D eigenvalue weighted by molar-refractivity contribution is 0.297. The van der Waals surface area contributed by atoms with Crippen molar-refractivity contribution in [3.05, 3.63) is 22.9 Å². The molecule has 2 fully saturated rings. The Bertz CT molecular complexity index is 343. The minimum atomic E-state index is 0.717. The summed E-state index contributed by atoms with van der Waals surface area (Å²) in [5.74, 6) is 0.856. The Morgan fingerprint density at radius 3 is 2.93 bits per heavy atom. The van der Waals surface area contributed by atoms with Crippen LogP contribution in [0.5, 0.6) is 0 Å². The number of anilines is 1. The third-order valence-corrected chi connectivity index (χ3v) is 3.57. The molecule has 3 nitrogen and oxygen atoms in total. The average molecular weight is 254 g/mol. The number of nitrogens with zero attached hydrogens (tertiary/aromatic N) is 2. The molecule has 0 bridgehead atoms. The van der Waals surface area contributed by atoms with E-state index >= 15 is 0 Å². The fraction of sp³-hybridized carbons (Fsp3) is 0.500. The Labute approximate surface area is 91.6 Å². The third kappa shape index (κ3) is 1.33. The second-order valence-electron chi connectivity index (χ2n) is 4.04. The van der Waals surface area contributed by atoms with Gasteiger partial charge < -0.3 is 10.2 Å². The van der Waals surface area contributed by atoms with Crippen molar-refractivity contribution in [1.29, 1.82) is 0 Å². The monoisotopic (exact) mass is 253 g/mol. The number of pyridine rings is 1. The molecule has 0 radical (unpaired) electrons. The molecule has 1 aromatic rings. The van der Waals surface area contributed by atoms with E-state index in [1.807, 2.05) is 12.4 Å². The second-order valence-corrected chi connectivity index (χ2v) is 4.96. The van der Waals surface area contributed by atoms with Gasteiger partial charge in [0.05, 0.1) is 11.9 Å². The van der Waals surface area contributed by atoms with Crippen LogP contribution in [-0.4, -0.2) is 30.7 Å². The Balaban J connectivity index is 1.82. The third-order valence-electron chi connectivity index (χ3n) is 3.14. The topological polar surface area (TPSA) is 28.2 Å². The summed E-state index contributed by atoms with van der Waals surface area (Å²) in [4.78, 5) is 6.60. The van der Waals surface area contributed by atoms with Crippen LogP contribution in [-0.2, 0) is 0 Å². The Hall–Kier alpha value is -0.610. The maximum atomic E-state index is 4.19. The summed E-state index contributed by atoms with van der Waals surface area (Å²) in [7, 11) is 0. The smallest absolute Gasteiger partial charge is 0.0564 e. The highest BCUT2D eigenvalue weighted by Gasteiger charge is 2.38. The molecular weight excluding hydrogens is 242 g/mol. The molecule has 0 spiro atoms. The Morgan fingerprint density at radius 2 is 2.36 bits per heavy atom. The van der Waals surface area contributed by atoms with Crippen LogP contribution in [0.25, 0.3) is 0 Å². The van der Waals surface area contributed by atoms with Crippen molar-refractivity contribution >= 4 is 21.6 Å². The molecule has 0 saturated carbocycles. The number of aromatic nitrogens is 1. The van der Waals surface area contributed by atoms with E-state index in [-0.39, 0.29) is 0 Å². The normalized spacial score (nSPS) is 29.9. The van der Waals surface area contributed by atoms with Gasteiger partial charge >= 0.3 is 0 Å². The first-order chi connectivity index (χ1) is 6.83. The molecule has 0 aliphatic carbocycles. The number of hydrogen-bond donors (Lipinski definition) is 1. The minimum Gasteiger partial charge on any atom is -0.368 e. The summed E-state index contributed by atoms with van der Waals surface area (Å²) in [5.41, 5.74) is 1.23. The van der Waals surface area contributed by atoms with Gasteiger partial charge in [-0.25, -0.2) is 0 Å². The predicted octanol–water partition coefficient (Wildman–Crippen LogP) is 1.25. The summed E-state index contributed by atoms with van der Waals surface area (Å²) in [6, 6.07) is 2.85. The summed E-state index contributed by atoms with van der Waals surface area (Å²) >= 11 is 3.45. The number of halogens is 1. The zero-order valence-electron chi connectivity index (χ0n) is 7.78. The van der Waals surface area contributed by atoms with E-state index in [4.69, 9.17) is 0 Å². The molecule has 0 aromatic carbocycles. The van der Waals surface area contributed by atoms with Crippen molar-refractivity contribution in [2.45, 2.75) is 6.04 Å². The molecule has 0 unspecified atom stereocenters. The van der Waals surface area contributed by atoms with Crippen LogP contribution in [0.3, 0.4) is 0 Å². The van der Waals surface area contributed by atoms with Gasteiger partial charge in [-0.2, -0.15) is 0 Å². The molecule has 3 heterocycles. The van der Waals surface area contributed by atoms with E-state index < -0.39 is 0 Å². The molecule has 74 valence electrons. The largest absolute Gasteiger partial charge is 0.368 e. The summed E-state index contributed by atoms with van der Waals surface area (Å²) in [5, 5.41) is 3.45. The van der Waals surface area contributed by atoms with Crippen molar-refractivity contribution < 1.29 is 0 Å². The lowest BCUT2D eigenvalue weighted by Gasteiger charge is -2.29. The number of nitrogens with one attached hydrogen (secondary N) is 1. The Kier molecular flexibility index (Phi) is 1.99. The highest BCUT2D eigenvalue weighted by atomic mass is 79.9. The molecule has 2 aliphatic rings. The van der Waals surface area contributed by atoms with E-state index in [9.17, 15) is 0 Å². The lowest BCUT2D eigenvalue weighted by Crippen LogP contribution is -2.51. The van der Waals surface area contributed by atoms with Crippen molar-refractivity contribution in [3.63, 3.8) is 0 Å². The predicted molar refractivity (Wildman–Crippen MR) is 59.4 cm³/mol. The summed E-state index contributed by atoms with van der Waals surface area (Å²) in [6.07, 6.45) is 3.77. The van der Waals surface area contributed by atoms with E-state index in [1.165, 1.54) is 18.8 Å². The van der Waals surface area contributed by atoms with E-state index in [0.717, 1.165) is 16.9 Å². The standard InChI is InChI=1S/C10H12BrN3/c11-8-1-9(4-12-3-8)14-5-7-2-13-10(7)6-14/h1,3-4,7,10,13H,2,5-6H2/t7-,10+/m0/s1. The van der Waals surface area contributed by atoms with E-state index in [0.29, 0.717) is 6.04 Å². The van der Waals surface area contributed by atoms with Crippen LogP contribution in [0, 0.1) is 5.92 Å². The minimum absolute atomic E-state index is 0.717. The molecule has 1 N–H and O–H groups in total. The number of rotatable bonds is 1. The molecule has 3 rings (SSSR count). The van der Waals surface area contributed by atoms with Crippen LogP contribution in [0.4, 0.5) is 5.69 Å². The maximum Gasteiger partial charge on any atom is 0.0564 e. The van der Waals surface area contributed by atoms with Gasteiger partial charge in [0.25, 0.3) is 0 Å². The maximum absolute atomic E-state index is 4.19.